The third-order valence-corrected chi connectivity index (χ3v) is 10.1. The lowest BCUT2D eigenvalue weighted by Crippen LogP contribution is -2.24. The first-order chi connectivity index (χ1) is 26.5. The standard InChI is InChI=1S/C26H23NO2.C21H19N3O/c1-28-24-9-10-26-25(15-24)22(11-12-27-26)14-18-3-2-4-21(13-18)19-5-7-20(8-6-19)23-16-29-17-23;1-24-14-18(13-23-24)16-5-3-4-15(10-16)11-17-8-9-22-21-7-6-19(25-2)12-20(17)21/h2-13,15,23H,14,16-17H2,1H3;3-10,12-14H,11H2,1-2H3. The Hall–Kier alpha value is -6.31. The van der Waals surface area contributed by atoms with E-state index in [1.807, 2.05) is 60.8 Å². The van der Waals surface area contributed by atoms with E-state index >= 15 is 0 Å². The van der Waals surface area contributed by atoms with Gasteiger partial charge in [0.2, 0.25) is 0 Å². The highest BCUT2D eigenvalue weighted by Crippen LogP contribution is 2.30. The molecule has 0 aliphatic carbocycles. The van der Waals surface area contributed by atoms with Gasteiger partial charge in [-0.15, -0.1) is 0 Å². The maximum absolute atomic E-state index is 5.41. The van der Waals surface area contributed by atoms with E-state index in [1.165, 1.54) is 44.5 Å². The van der Waals surface area contributed by atoms with Crippen LogP contribution in [0.3, 0.4) is 0 Å². The van der Waals surface area contributed by atoms with Crippen molar-refractivity contribution in [3.05, 3.63) is 174 Å². The Labute approximate surface area is 315 Å². The van der Waals surface area contributed by atoms with Crippen molar-refractivity contribution in [2.75, 3.05) is 27.4 Å². The Bertz CT molecular complexity index is 2540. The van der Waals surface area contributed by atoms with Crippen molar-refractivity contribution in [1.29, 1.82) is 0 Å². The van der Waals surface area contributed by atoms with Gasteiger partial charge in [-0.1, -0.05) is 72.8 Å². The van der Waals surface area contributed by atoms with Crippen LogP contribution in [0.25, 0.3) is 44.1 Å². The first kappa shape index (κ1) is 34.8. The average molecular weight is 711 g/mol. The van der Waals surface area contributed by atoms with Gasteiger partial charge in [0.15, 0.2) is 0 Å². The smallest absolute Gasteiger partial charge is 0.119 e. The highest BCUT2D eigenvalue weighted by atomic mass is 16.5. The van der Waals surface area contributed by atoms with E-state index in [2.05, 4.69) is 112 Å². The zero-order chi connectivity index (χ0) is 36.9. The van der Waals surface area contributed by atoms with Crippen LogP contribution in [-0.4, -0.2) is 47.2 Å². The number of pyridine rings is 2. The van der Waals surface area contributed by atoms with Gasteiger partial charge in [0.1, 0.15) is 11.5 Å². The number of benzene rings is 5. The van der Waals surface area contributed by atoms with Gasteiger partial charge in [0, 0.05) is 47.9 Å². The Morgan fingerprint density at radius 3 is 1.65 bits per heavy atom. The summed E-state index contributed by atoms with van der Waals surface area (Å²) in [6, 6.07) is 42.5. The summed E-state index contributed by atoms with van der Waals surface area (Å²) in [6.45, 7) is 1.69. The number of fused-ring (bicyclic) bond motifs is 2. The Kier molecular flexibility index (Phi) is 10.1. The number of aryl methyl sites for hydroxylation is 1. The Balaban J connectivity index is 0.000000155. The lowest BCUT2D eigenvalue weighted by molar-refractivity contribution is 0.00843. The molecule has 1 fully saturated rings. The van der Waals surface area contributed by atoms with Crippen molar-refractivity contribution in [3.8, 4) is 33.8 Å². The van der Waals surface area contributed by atoms with Crippen LogP contribution in [0.2, 0.25) is 0 Å². The summed E-state index contributed by atoms with van der Waals surface area (Å²) in [5.41, 5.74) is 13.2. The molecule has 268 valence electrons. The van der Waals surface area contributed by atoms with Gasteiger partial charge in [0.25, 0.3) is 0 Å². The molecule has 7 heteroatoms. The molecule has 3 aromatic heterocycles. The normalized spacial score (nSPS) is 12.6. The monoisotopic (exact) mass is 710 g/mol. The van der Waals surface area contributed by atoms with Crippen molar-refractivity contribution >= 4 is 21.8 Å². The van der Waals surface area contributed by atoms with Crippen LogP contribution in [0.1, 0.15) is 33.7 Å². The molecule has 0 N–H and O–H groups in total. The number of ether oxygens (including phenoxy) is 3. The van der Waals surface area contributed by atoms with Crippen LogP contribution in [0.4, 0.5) is 0 Å². The van der Waals surface area contributed by atoms with Gasteiger partial charge in [-0.2, -0.15) is 5.10 Å². The predicted octanol–water partition coefficient (Wildman–Crippen LogP) is 9.85. The maximum Gasteiger partial charge on any atom is 0.119 e. The Morgan fingerprint density at radius 2 is 1.17 bits per heavy atom. The largest absolute Gasteiger partial charge is 0.497 e. The summed E-state index contributed by atoms with van der Waals surface area (Å²) < 4.78 is 17.9. The second-order valence-electron chi connectivity index (χ2n) is 13.7. The lowest BCUT2D eigenvalue weighted by Gasteiger charge is -2.26. The molecule has 0 unspecified atom stereocenters. The zero-order valence-electron chi connectivity index (χ0n) is 30.8. The number of rotatable bonds is 9. The number of aromatic nitrogens is 4. The maximum atomic E-state index is 5.41. The van der Waals surface area contributed by atoms with E-state index < -0.39 is 0 Å². The van der Waals surface area contributed by atoms with Crippen molar-refractivity contribution in [3.63, 3.8) is 0 Å². The van der Waals surface area contributed by atoms with Crippen molar-refractivity contribution in [2.24, 2.45) is 7.05 Å². The van der Waals surface area contributed by atoms with Crippen LogP contribution in [0, 0.1) is 0 Å². The van der Waals surface area contributed by atoms with E-state index in [9.17, 15) is 0 Å². The molecule has 1 aliphatic rings. The summed E-state index contributed by atoms with van der Waals surface area (Å²) in [7, 11) is 5.32. The number of nitrogens with zero attached hydrogens (tertiary/aromatic N) is 4. The summed E-state index contributed by atoms with van der Waals surface area (Å²) in [4.78, 5) is 8.95. The van der Waals surface area contributed by atoms with Crippen LogP contribution in [0.5, 0.6) is 11.5 Å². The molecule has 0 saturated carbocycles. The van der Waals surface area contributed by atoms with E-state index in [1.54, 1.807) is 14.2 Å². The van der Waals surface area contributed by atoms with Crippen LogP contribution in [-0.2, 0) is 24.6 Å². The molecule has 1 saturated heterocycles. The van der Waals surface area contributed by atoms with Crippen molar-refractivity contribution in [1.82, 2.24) is 19.7 Å². The molecule has 54 heavy (non-hydrogen) atoms. The van der Waals surface area contributed by atoms with E-state index in [0.29, 0.717) is 5.92 Å². The molecule has 0 radical (unpaired) electrons. The Morgan fingerprint density at radius 1 is 0.611 bits per heavy atom. The molecule has 0 bridgehead atoms. The van der Waals surface area contributed by atoms with Gasteiger partial charge in [-0.05, 0) is 106 Å². The summed E-state index contributed by atoms with van der Waals surface area (Å²) in [6.07, 6.45) is 9.39. The molecule has 4 heterocycles. The predicted molar refractivity (Wildman–Crippen MR) is 216 cm³/mol. The van der Waals surface area contributed by atoms with Crippen LogP contribution < -0.4 is 9.47 Å². The SMILES string of the molecule is COc1ccc2nccc(Cc3cccc(-c4ccc(C5COC5)cc4)c3)c2c1.COc1ccc2nccc(Cc3cccc(-c4cnn(C)c4)c3)c2c1. The number of methoxy groups -OCH3 is 2. The minimum Gasteiger partial charge on any atom is -0.497 e. The molecular formula is C47H42N4O3. The zero-order valence-corrected chi connectivity index (χ0v) is 30.8. The molecule has 1 aliphatic heterocycles. The molecule has 0 atom stereocenters. The average Bonchev–Trinajstić information content (AvgIpc) is 3.64. The van der Waals surface area contributed by atoms with E-state index in [4.69, 9.17) is 14.2 Å². The minimum atomic E-state index is 0.562. The van der Waals surface area contributed by atoms with Crippen LogP contribution in [0.15, 0.2) is 146 Å². The van der Waals surface area contributed by atoms with Gasteiger partial charge in [-0.3, -0.25) is 14.6 Å². The molecule has 0 amide bonds. The fraction of sp³-hybridized carbons (Fsp3) is 0.170. The van der Waals surface area contributed by atoms with Gasteiger partial charge in [0.05, 0.1) is 44.7 Å². The lowest BCUT2D eigenvalue weighted by atomic mass is 9.94. The highest BCUT2D eigenvalue weighted by molar-refractivity contribution is 5.85. The fourth-order valence-electron chi connectivity index (χ4n) is 7.03. The van der Waals surface area contributed by atoms with Crippen molar-refractivity contribution in [2.45, 2.75) is 18.8 Å². The molecule has 8 aromatic rings. The van der Waals surface area contributed by atoms with Gasteiger partial charge in [-0.25, -0.2) is 0 Å². The minimum absolute atomic E-state index is 0.562. The summed E-state index contributed by atoms with van der Waals surface area (Å²) in [5, 5.41) is 6.54. The highest BCUT2D eigenvalue weighted by Gasteiger charge is 2.20. The summed E-state index contributed by atoms with van der Waals surface area (Å²) in [5.74, 6) is 2.27. The van der Waals surface area contributed by atoms with Crippen molar-refractivity contribution < 1.29 is 14.2 Å². The third-order valence-electron chi connectivity index (χ3n) is 10.1. The molecule has 5 aromatic carbocycles. The number of hydrogen-bond acceptors (Lipinski definition) is 6. The quantitative estimate of drug-likeness (QED) is 0.149. The summed E-state index contributed by atoms with van der Waals surface area (Å²) >= 11 is 0. The van der Waals surface area contributed by atoms with E-state index in [-0.39, 0.29) is 0 Å². The van der Waals surface area contributed by atoms with Crippen LogP contribution >= 0.6 is 0 Å². The molecule has 9 rings (SSSR count). The first-order valence-electron chi connectivity index (χ1n) is 18.2. The second-order valence-corrected chi connectivity index (χ2v) is 13.7. The molecular weight excluding hydrogens is 669 g/mol. The fourth-order valence-corrected chi connectivity index (χ4v) is 7.03. The molecule has 7 nitrogen and oxygen atoms in total. The second kappa shape index (κ2) is 15.7. The molecule has 0 spiro atoms. The van der Waals surface area contributed by atoms with Gasteiger partial charge >= 0.3 is 0 Å². The number of hydrogen-bond donors (Lipinski definition) is 0. The van der Waals surface area contributed by atoms with Gasteiger partial charge < -0.3 is 14.2 Å². The topological polar surface area (TPSA) is 71.3 Å². The third kappa shape index (κ3) is 7.72. The van der Waals surface area contributed by atoms with E-state index in [0.717, 1.165) is 64.9 Å². The first-order valence-corrected chi connectivity index (χ1v) is 18.2.